The molecule has 1 aliphatic heterocycles. The highest BCUT2D eigenvalue weighted by Crippen LogP contribution is 2.28. The number of hydrogen-bond donors (Lipinski definition) is 1. The van der Waals surface area contributed by atoms with Gasteiger partial charge >= 0.3 is 0 Å². The maximum atomic E-state index is 12.5. The fourth-order valence-electron chi connectivity index (χ4n) is 2.79. The summed E-state index contributed by atoms with van der Waals surface area (Å²) in [6, 6.07) is 18.6. The summed E-state index contributed by atoms with van der Waals surface area (Å²) in [5.74, 6) is -1.09. The van der Waals surface area contributed by atoms with Crippen molar-refractivity contribution in [2.45, 2.75) is 0 Å². The number of fused-ring (bicyclic) bond motifs is 1. The zero-order valence-corrected chi connectivity index (χ0v) is 13.5. The number of carbonyl (C=O) groups is 3. The molecule has 0 saturated carbocycles. The third-order valence-corrected chi connectivity index (χ3v) is 4.07. The highest BCUT2D eigenvalue weighted by atomic mass is 16.2. The lowest BCUT2D eigenvalue weighted by Gasteiger charge is -2.14. The molecule has 0 saturated heterocycles. The van der Waals surface area contributed by atoms with Gasteiger partial charge < -0.3 is 5.32 Å². The number of pyridine rings is 1. The summed E-state index contributed by atoms with van der Waals surface area (Å²) in [4.78, 5) is 42.1. The Kier molecular flexibility index (Phi) is 3.78. The van der Waals surface area contributed by atoms with E-state index in [0.717, 1.165) is 4.90 Å². The monoisotopic (exact) mass is 343 g/mol. The lowest BCUT2D eigenvalue weighted by molar-refractivity contribution is 0.0923. The van der Waals surface area contributed by atoms with Crippen molar-refractivity contribution < 1.29 is 14.4 Å². The largest absolute Gasteiger partial charge is 0.322 e. The van der Waals surface area contributed by atoms with Gasteiger partial charge in [-0.1, -0.05) is 18.2 Å². The van der Waals surface area contributed by atoms with Crippen molar-refractivity contribution in [1.29, 1.82) is 0 Å². The van der Waals surface area contributed by atoms with Gasteiger partial charge in [0, 0.05) is 17.4 Å². The number of rotatable bonds is 3. The molecule has 2 heterocycles. The van der Waals surface area contributed by atoms with E-state index in [-0.39, 0.29) is 11.6 Å². The van der Waals surface area contributed by atoms with Gasteiger partial charge in [0.05, 0.1) is 11.3 Å². The number of imide groups is 1. The fraction of sp³-hybridized carbons (Fsp3) is 0. The minimum Gasteiger partial charge on any atom is -0.322 e. The maximum absolute atomic E-state index is 12.5. The SMILES string of the molecule is O=C(Nc1ccc(N2C(=O)c3cccnc3C2=O)cc1)c1ccccc1. The summed E-state index contributed by atoms with van der Waals surface area (Å²) in [7, 11) is 0. The minimum absolute atomic E-state index is 0.152. The molecule has 0 bridgehead atoms. The average molecular weight is 343 g/mol. The minimum atomic E-state index is -0.452. The lowest BCUT2D eigenvalue weighted by Crippen LogP contribution is -2.29. The van der Waals surface area contributed by atoms with Gasteiger partial charge in [0.2, 0.25) is 0 Å². The molecule has 6 nitrogen and oxygen atoms in total. The smallest absolute Gasteiger partial charge is 0.284 e. The van der Waals surface area contributed by atoms with Crippen LogP contribution < -0.4 is 10.2 Å². The Morgan fingerprint density at radius 2 is 1.58 bits per heavy atom. The van der Waals surface area contributed by atoms with Gasteiger partial charge in [0.15, 0.2) is 0 Å². The van der Waals surface area contributed by atoms with Crippen LogP contribution in [0.25, 0.3) is 0 Å². The standard InChI is InChI=1S/C20H13N3O3/c24-18(13-5-2-1-3-6-13)22-14-8-10-15(11-9-14)23-19(25)16-7-4-12-21-17(16)20(23)26/h1-12H,(H,22,24). The van der Waals surface area contributed by atoms with E-state index in [9.17, 15) is 14.4 Å². The predicted octanol–water partition coefficient (Wildman–Crippen LogP) is 3.13. The molecule has 4 rings (SSSR count). The van der Waals surface area contributed by atoms with Crippen LogP contribution in [0, 0.1) is 0 Å². The van der Waals surface area contributed by atoms with Crippen molar-refractivity contribution >= 4 is 29.1 Å². The summed E-state index contributed by atoms with van der Waals surface area (Å²) < 4.78 is 0. The molecule has 2 aromatic carbocycles. The Morgan fingerprint density at radius 3 is 2.27 bits per heavy atom. The molecule has 0 unspecified atom stereocenters. The molecule has 0 aliphatic carbocycles. The second-order valence-corrected chi connectivity index (χ2v) is 5.71. The van der Waals surface area contributed by atoms with E-state index < -0.39 is 11.8 Å². The molecule has 0 fully saturated rings. The lowest BCUT2D eigenvalue weighted by atomic mass is 10.2. The van der Waals surface area contributed by atoms with Gasteiger partial charge in [-0.2, -0.15) is 0 Å². The Bertz CT molecular complexity index is 979. The summed E-state index contributed by atoms with van der Waals surface area (Å²) in [5, 5.41) is 2.78. The van der Waals surface area contributed by atoms with Crippen LogP contribution in [0.5, 0.6) is 0 Å². The molecule has 0 atom stereocenters. The van der Waals surface area contributed by atoms with Gasteiger partial charge in [-0.25, -0.2) is 4.90 Å². The number of benzene rings is 2. The van der Waals surface area contributed by atoms with Crippen LogP contribution in [0.15, 0.2) is 72.9 Å². The third kappa shape index (κ3) is 2.63. The van der Waals surface area contributed by atoms with Crippen molar-refractivity contribution in [3.05, 3.63) is 89.7 Å². The number of amides is 3. The average Bonchev–Trinajstić information content (AvgIpc) is 2.94. The second-order valence-electron chi connectivity index (χ2n) is 5.71. The Morgan fingerprint density at radius 1 is 0.846 bits per heavy atom. The van der Waals surface area contributed by atoms with E-state index in [2.05, 4.69) is 10.3 Å². The fourth-order valence-corrected chi connectivity index (χ4v) is 2.79. The normalized spacial score (nSPS) is 12.8. The van der Waals surface area contributed by atoms with E-state index in [1.807, 2.05) is 6.07 Å². The van der Waals surface area contributed by atoms with E-state index in [0.29, 0.717) is 22.5 Å². The zero-order valence-electron chi connectivity index (χ0n) is 13.5. The Hall–Kier alpha value is -3.80. The van der Waals surface area contributed by atoms with Gasteiger partial charge in [-0.05, 0) is 48.5 Å². The number of hydrogen-bond acceptors (Lipinski definition) is 4. The van der Waals surface area contributed by atoms with Crippen LogP contribution in [-0.2, 0) is 0 Å². The highest BCUT2D eigenvalue weighted by molar-refractivity contribution is 6.33. The molecular weight excluding hydrogens is 330 g/mol. The van der Waals surface area contributed by atoms with E-state index in [4.69, 9.17) is 0 Å². The number of nitrogens with one attached hydrogen (secondary N) is 1. The van der Waals surface area contributed by atoms with Crippen LogP contribution in [0.4, 0.5) is 11.4 Å². The molecule has 3 aromatic rings. The summed E-state index contributed by atoms with van der Waals surface area (Å²) in [6.07, 6.45) is 1.48. The predicted molar refractivity (Wildman–Crippen MR) is 96.2 cm³/mol. The summed E-state index contributed by atoms with van der Waals surface area (Å²) in [6.45, 7) is 0. The van der Waals surface area contributed by atoms with Crippen LogP contribution >= 0.6 is 0 Å². The first-order valence-corrected chi connectivity index (χ1v) is 7.95. The quantitative estimate of drug-likeness (QED) is 0.741. The Labute approximate surface area is 149 Å². The van der Waals surface area contributed by atoms with Gasteiger partial charge in [0.1, 0.15) is 5.69 Å². The number of aromatic nitrogens is 1. The molecule has 3 amide bonds. The Balaban J connectivity index is 1.55. The summed E-state index contributed by atoms with van der Waals surface area (Å²) >= 11 is 0. The molecule has 26 heavy (non-hydrogen) atoms. The van der Waals surface area contributed by atoms with E-state index in [1.54, 1.807) is 60.7 Å². The molecule has 1 N–H and O–H groups in total. The van der Waals surface area contributed by atoms with E-state index >= 15 is 0 Å². The molecule has 126 valence electrons. The first kappa shape index (κ1) is 15.7. The first-order valence-electron chi connectivity index (χ1n) is 7.95. The van der Waals surface area contributed by atoms with Crippen LogP contribution in [0.1, 0.15) is 31.2 Å². The molecule has 0 radical (unpaired) electrons. The van der Waals surface area contributed by atoms with Crippen molar-refractivity contribution in [1.82, 2.24) is 4.98 Å². The molecule has 1 aromatic heterocycles. The topological polar surface area (TPSA) is 79.4 Å². The highest BCUT2D eigenvalue weighted by Gasteiger charge is 2.37. The maximum Gasteiger partial charge on any atom is 0.284 e. The van der Waals surface area contributed by atoms with Gasteiger partial charge in [-0.3, -0.25) is 19.4 Å². The summed E-state index contributed by atoms with van der Waals surface area (Å²) in [5.41, 5.74) is 1.98. The van der Waals surface area contributed by atoms with Crippen LogP contribution in [0.2, 0.25) is 0 Å². The second kappa shape index (κ2) is 6.25. The van der Waals surface area contributed by atoms with Crippen molar-refractivity contribution in [3.8, 4) is 0 Å². The number of anilines is 2. The molecule has 0 spiro atoms. The number of carbonyl (C=O) groups excluding carboxylic acids is 3. The van der Waals surface area contributed by atoms with Crippen LogP contribution in [-0.4, -0.2) is 22.7 Å². The molecule has 1 aliphatic rings. The van der Waals surface area contributed by atoms with Crippen molar-refractivity contribution in [3.63, 3.8) is 0 Å². The van der Waals surface area contributed by atoms with Crippen LogP contribution in [0.3, 0.4) is 0 Å². The zero-order chi connectivity index (χ0) is 18.1. The third-order valence-electron chi connectivity index (χ3n) is 4.07. The molecule has 6 heteroatoms. The first-order chi connectivity index (χ1) is 12.6. The molecular formula is C20H13N3O3. The van der Waals surface area contributed by atoms with E-state index in [1.165, 1.54) is 6.20 Å². The van der Waals surface area contributed by atoms with Crippen molar-refractivity contribution in [2.75, 3.05) is 10.2 Å². The van der Waals surface area contributed by atoms with Gasteiger partial charge in [-0.15, -0.1) is 0 Å². The van der Waals surface area contributed by atoms with Gasteiger partial charge in [0.25, 0.3) is 17.7 Å². The number of nitrogens with zero attached hydrogens (tertiary/aromatic N) is 2. The van der Waals surface area contributed by atoms with Crippen molar-refractivity contribution in [2.24, 2.45) is 0 Å².